The number of aliphatic hydroxyl groups is 1. The van der Waals surface area contributed by atoms with E-state index >= 15 is 0 Å². The molecule has 7 nitrogen and oxygen atoms in total. The number of aliphatic hydroxyl groups excluding tert-OH is 1. The van der Waals surface area contributed by atoms with E-state index in [4.69, 9.17) is 9.84 Å². The number of rotatable bonds is 5. The lowest BCUT2D eigenvalue weighted by Crippen LogP contribution is -2.52. The molecule has 2 rings (SSSR count). The number of morpholine rings is 1. The van der Waals surface area contributed by atoms with E-state index in [-0.39, 0.29) is 24.7 Å². The summed E-state index contributed by atoms with van der Waals surface area (Å²) < 4.78 is 5.43. The number of carbonyl (C=O) groups is 1. The minimum absolute atomic E-state index is 0.0417. The minimum atomic E-state index is -0.330. The number of anilines is 1. The van der Waals surface area contributed by atoms with Gasteiger partial charge in [0.05, 0.1) is 37.8 Å². The first-order valence-corrected chi connectivity index (χ1v) is 7.25. The highest BCUT2D eigenvalue weighted by molar-refractivity contribution is 5.92. The molecule has 2 N–H and O–H groups in total. The molecule has 1 aliphatic rings. The van der Waals surface area contributed by atoms with Gasteiger partial charge in [0.15, 0.2) is 0 Å². The quantitative estimate of drug-likeness (QED) is 0.823. The van der Waals surface area contributed by atoms with Crippen LogP contribution in [0.3, 0.4) is 0 Å². The smallest absolute Gasteiger partial charge is 0.274 e. The summed E-state index contributed by atoms with van der Waals surface area (Å²) in [5.74, 6) is 0.482. The van der Waals surface area contributed by atoms with Gasteiger partial charge in [-0.1, -0.05) is 6.92 Å². The van der Waals surface area contributed by atoms with Crippen LogP contribution < -0.4 is 5.32 Å². The molecule has 1 saturated heterocycles. The van der Waals surface area contributed by atoms with Crippen LogP contribution in [-0.4, -0.2) is 64.3 Å². The van der Waals surface area contributed by atoms with Crippen LogP contribution in [-0.2, 0) is 4.74 Å². The first-order chi connectivity index (χ1) is 10.2. The highest BCUT2D eigenvalue weighted by Gasteiger charge is 2.30. The van der Waals surface area contributed by atoms with E-state index in [0.717, 1.165) is 13.0 Å². The maximum absolute atomic E-state index is 12.5. The molecule has 0 radical (unpaired) electrons. The normalized spacial score (nSPS) is 22.1. The van der Waals surface area contributed by atoms with Gasteiger partial charge in [0.25, 0.3) is 5.91 Å². The second-order valence-corrected chi connectivity index (χ2v) is 5.16. The number of hydrogen-bond donors (Lipinski definition) is 2. The maximum Gasteiger partial charge on any atom is 0.274 e. The zero-order valence-corrected chi connectivity index (χ0v) is 12.5. The summed E-state index contributed by atoms with van der Waals surface area (Å²) in [4.78, 5) is 22.5. The molecule has 1 fully saturated rings. The minimum Gasteiger partial charge on any atom is -0.394 e. The maximum atomic E-state index is 12.5. The van der Waals surface area contributed by atoms with Crippen molar-refractivity contribution in [2.45, 2.75) is 32.4 Å². The monoisotopic (exact) mass is 294 g/mol. The van der Waals surface area contributed by atoms with Crippen molar-refractivity contribution in [3.8, 4) is 0 Å². The number of aromatic nitrogens is 2. The van der Waals surface area contributed by atoms with E-state index in [2.05, 4.69) is 22.2 Å². The van der Waals surface area contributed by atoms with E-state index in [1.165, 1.54) is 6.20 Å². The van der Waals surface area contributed by atoms with Crippen LogP contribution in [0.15, 0.2) is 12.4 Å². The van der Waals surface area contributed by atoms with Crippen LogP contribution >= 0.6 is 0 Å². The predicted octanol–water partition coefficient (Wildman–Crippen LogP) is 0.520. The summed E-state index contributed by atoms with van der Waals surface area (Å²) in [6.07, 6.45) is 3.72. The topological polar surface area (TPSA) is 87.6 Å². The summed E-state index contributed by atoms with van der Waals surface area (Å²) in [5, 5.41) is 12.3. The third-order valence-electron chi connectivity index (χ3n) is 3.40. The fraction of sp³-hybridized carbons (Fsp3) is 0.643. The van der Waals surface area contributed by atoms with Gasteiger partial charge in [-0.3, -0.25) is 4.79 Å². The van der Waals surface area contributed by atoms with Gasteiger partial charge < -0.3 is 20.1 Å². The van der Waals surface area contributed by atoms with Crippen LogP contribution in [0.25, 0.3) is 0 Å². The van der Waals surface area contributed by atoms with Crippen molar-refractivity contribution in [2.24, 2.45) is 0 Å². The van der Waals surface area contributed by atoms with Crippen LogP contribution in [0.5, 0.6) is 0 Å². The Kier molecular flexibility index (Phi) is 5.46. The number of hydrogen-bond acceptors (Lipinski definition) is 6. The van der Waals surface area contributed by atoms with Gasteiger partial charge in [-0.05, 0) is 13.3 Å². The van der Waals surface area contributed by atoms with Gasteiger partial charge in [0.1, 0.15) is 11.5 Å². The molecule has 0 saturated carbocycles. The van der Waals surface area contributed by atoms with Crippen molar-refractivity contribution in [1.29, 1.82) is 0 Å². The summed E-state index contributed by atoms with van der Waals surface area (Å²) >= 11 is 0. The largest absolute Gasteiger partial charge is 0.394 e. The summed E-state index contributed by atoms with van der Waals surface area (Å²) in [6, 6.07) is -0.0417. The third kappa shape index (κ3) is 3.89. The molecule has 1 aromatic heterocycles. The Morgan fingerprint density at radius 3 is 2.95 bits per heavy atom. The highest BCUT2D eigenvalue weighted by Crippen LogP contribution is 2.14. The van der Waals surface area contributed by atoms with Gasteiger partial charge in [-0.2, -0.15) is 0 Å². The SMILES string of the molecule is CCCNc1cnc(C(=O)N2CC(CO)OCC2C)cn1. The Bertz CT molecular complexity index is 466. The Hall–Kier alpha value is -1.73. The fourth-order valence-electron chi connectivity index (χ4n) is 2.14. The molecule has 116 valence electrons. The Labute approximate surface area is 124 Å². The molecule has 1 aliphatic heterocycles. The fourth-order valence-corrected chi connectivity index (χ4v) is 2.14. The lowest BCUT2D eigenvalue weighted by atomic mass is 10.2. The molecule has 2 heterocycles. The van der Waals surface area contributed by atoms with Gasteiger partial charge in [0.2, 0.25) is 0 Å². The zero-order valence-electron chi connectivity index (χ0n) is 12.5. The second kappa shape index (κ2) is 7.33. The molecule has 7 heteroatoms. The van der Waals surface area contributed by atoms with Crippen LogP contribution in [0, 0.1) is 0 Å². The molecular weight excluding hydrogens is 272 g/mol. The standard InChI is InChI=1S/C14H22N4O3/c1-3-4-15-13-6-16-12(5-17-13)14(20)18-7-11(8-19)21-9-10(18)2/h5-6,10-11,19H,3-4,7-9H2,1-2H3,(H,15,17). The predicted molar refractivity (Wildman–Crippen MR) is 78.1 cm³/mol. The van der Waals surface area contributed by atoms with Gasteiger partial charge in [-0.15, -0.1) is 0 Å². The molecule has 1 amide bonds. The number of nitrogens with one attached hydrogen (secondary N) is 1. The molecule has 0 spiro atoms. The first kappa shape index (κ1) is 15.7. The number of ether oxygens (including phenoxy) is 1. The van der Waals surface area contributed by atoms with Crippen molar-refractivity contribution < 1.29 is 14.6 Å². The lowest BCUT2D eigenvalue weighted by molar-refractivity contribution is -0.0668. The number of nitrogens with zero attached hydrogens (tertiary/aromatic N) is 3. The van der Waals surface area contributed by atoms with Crippen molar-refractivity contribution in [2.75, 3.05) is 31.6 Å². The van der Waals surface area contributed by atoms with Gasteiger partial charge in [0, 0.05) is 13.1 Å². The molecule has 0 aromatic carbocycles. The Morgan fingerprint density at radius 1 is 1.52 bits per heavy atom. The van der Waals surface area contributed by atoms with Crippen LogP contribution in [0.1, 0.15) is 30.8 Å². The molecule has 1 aromatic rings. The highest BCUT2D eigenvalue weighted by atomic mass is 16.5. The van der Waals surface area contributed by atoms with Crippen molar-refractivity contribution >= 4 is 11.7 Å². The summed E-state index contributed by atoms with van der Waals surface area (Å²) in [5.41, 5.74) is 0.308. The summed E-state index contributed by atoms with van der Waals surface area (Å²) in [6.45, 7) is 5.49. The van der Waals surface area contributed by atoms with Crippen LogP contribution in [0.2, 0.25) is 0 Å². The van der Waals surface area contributed by atoms with Crippen molar-refractivity contribution in [3.63, 3.8) is 0 Å². The number of amides is 1. The van der Waals surface area contributed by atoms with Gasteiger partial charge >= 0.3 is 0 Å². The van der Waals surface area contributed by atoms with E-state index in [9.17, 15) is 4.79 Å². The molecule has 2 atom stereocenters. The van der Waals surface area contributed by atoms with Crippen molar-refractivity contribution in [1.82, 2.24) is 14.9 Å². The Balaban J connectivity index is 2.04. The molecule has 0 bridgehead atoms. The molecule has 21 heavy (non-hydrogen) atoms. The first-order valence-electron chi connectivity index (χ1n) is 7.25. The summed E-state index contributed by atoms with van der Waals surface area (Å²) in [7, 11) is 0. The average Bonchev–Trinajstić information content (AvgIpc) is 2.53. The molecule has 2 unspecified atom stereocenters. The zero-order chi connectivity index (χ0) is 15.2. The van der Waals surface area contributed by atoms with E-state index < -0.39 is 0 Å². The van der Waals surface area contributed by atoms with Crippen molar-refractivity contribution in [3.05, 3.63) is 18.1 Å². The van der Waals surface area contributed by atoms with Gasteiger partial charge in [-0.25, -0.2) is 9.97 Å². The molecule has 0 aliphatic carbocycles. The van der Waals surface area contributed by atoms with E-state index in [1.807, 2.05) is 6.92 Å². The molecular formula is C14H22N4O3. The second-order valence-electron chi connectivity index (χ2n) is 5.16. The third-order valence-corrected chi connectivity index (χ3v) is 3.40. The van der Waals surface area contributed by atoms with E-state index in [1.54, 1.807) is 11.1 Å². The lowest BCUT2D eigenvalue weighted by Gasteiger charge is -2.37. The Morgan fingerprint density at radius 2 is 2.33 bits per heavy atom. The van der Waals surface area contributed by atoms with E-state index in [0.29, 0.717) is 24.7 Å². The average molecular weight is 294 g/mol. The number of carbonyl (C=O) groups excluding carboxylic acids is 1. The van der Waals surface area contributed by atoms with Crippen LogP contribution in [0.4, 0.5) is 5.82 Å².